The van der Waals surface area contributed by atoms with Crippen molar-refractivity contribution in [1.29, 1.82) is 5.41 Å². The van der Waals surface area contributed by atoms with Gasteiger partial charge in [0.05, 0.1) is 0 Å². The Labute approximate surface area is 89.2 Å². The van der Waals surface area contributed by atoms with Gasteiger partial charge in [0.2, 0.25) is 0 Å². The summed E-state index contributed by atoms with van der Waals surface area (Å²) in [5.41, 5.74) is 5.31. The van der Waals surface area contributed by atoms with E-state index in [1.807, 2.05) is 0 Å². The van der Waals surface area contributed by atoms with Gasteiger partial charge in [-0.2, -0.15) is 0 Å². The Balaban J connectivity index is 0.00000169. The Morgan fingerprint density at radius 1 is 1.50 bits per heavy atom. The maximum atomic E-state index is 10.4. The van der Waals surface area contributed by atoms with Crippen molar-refractivity contribution in [2.45, 2.75) is 19.3 Å². The molecule has 0 aromatic heterocycles. The average molecular weight is 222 g/mol. The zero-order chi connectivity index (χ0) is 9.84. The summed E-state index contributed by atoms with van der Waals surface area (Å²) in [6.45, 7) is 1.43. The molecule has 0 atom stereocenters. The van der Waals surface area contributed by atoms with Crippen LogP contribution in [0.4, 0.5) is 0 Å². The monoisotopic (exact) mass is 221 g/mol. The predicted octanol–water partition coefficient (Wildman–Crippen LogP) is 0.488. The molecule has 0 aromatic rings. The SMILES string of the molecule is Cl.N=C(N)N1CCC(CC(=O)O)CC1. The molecule has 0 aliphatic carbocycles. The highest BCUT2D eigenvalue weighted by atomic mass is 35.5. The predicted molar refractivity (Wildman–Crippen MR) is 55.7 cm³/mol. The first-order valence-corrected chi connectivity index (χ1v) is 4.40. The molecule has 1 aliphatic rings. The molecular weight excluding hydrogens is 206 g/mol. The molecule has 0 saturated carbocycles. The van der Waals surface area contributed by atoms with Gasteiger partial charge in [-0.15, -0.1) is 12.4 Å². The van der Waals surface area contributed by atoms with E-state index >= 15 is 0 Å². The molecule has 1 saturated heterocycles. The van der Waals surface area contributed by atoms with Gasteiger partial charge in [-0.25, -0.2) is 0 Å². The summed E-state index contributed by atoms with van der Waals surface area (Å²) in [5, 5.41) is 15.7. The van der Waals surface area contributed by atoms with Crippen molar-refractivity contribution in [2.24, 2.45) is 11.7 Å². The summed E-state index contributed by atoms with van der Waals surface area (Å²) in [6.07, 6.45) is 1.89. The van der Waals surface area contributed by atoms with Gasteiger partial charge < -0.3 is 15.7 Å². The van der Waals surface area contributed by atoms with E-state index in [0.717, 1.165) is 12.8 Å². The molecule has 0 amide bonds. The van der Waals surface area contributed by atoms with Crippen molar-refractivity contribution in [1.82, 2.24) is 4.90 Å². The highest BCUT2D eigenvalue weighted by Crippen LogP contribution is 2.19. The van der Waals surface area contributed by atoms with Gasteiger partial charge in [0.25, 0.3) is 0 Å². The summed E-state index contributed by atoms with van der Waals surface area (Å²) < 4.78 is 0. The third-order valence-electron chi connectivity index (χ3n) is 2.42. The summed E-state index contributed by atoms with van der Waals surface area (Å²) in [7, 11) is 0. The molecule has 4 N–H and O–H groups in total. The van der Waals surface area contributed by atoms with Gasteiger partial charge in [-0.1, -0.05) is 0 Å². The van der Waals surface area contributed by atoms with Crippen molar-refractivity contribution in [3.8, 4) is 0 Å². The van der Waals surface area contributed by atoms with E-state index in [9.17, 15) is 4.79 Å². The second kappa shape index (κ2) is 5.70. The van der Waals surface area contributed by atoms with E-state index in [1.165, 1.54) is 0 Å². The molecule has 1 fully saturated rings. The summed E-state index contributed by atoms with van der Waals surface area (Å²) in [4.78, 5) is 12.2. The van der Waals surface area contributed by atoms with Gasteiger partial charge in [0.15, 0.2) is 5.96 Å². The third-order valence-corrected chi connectivity index (χ3v) is 2.42. The molecule has 0 bridgehead atoms. The van der Waals surface area contributed by atoms with Crippen molar-refractivity contribution in [3.05, 3.63) is 0 Å². The van der Waals surface area contributed by atoms with Crippen LogP contribution in [0.25, 0.3) is 0 Å². The Bertz CT molecular complexity index is 215. The number of hydrogen-bond donors (Lipinski definition) is 3. The Kier molecular flexibility index (Phi) is 5.30. The number of guanidine groups is 1. The average Bonchev–Trinajstić information content (AvgIpc) is 2.04. The van der Waals surface area contributed by atoms with Crippen LogP contribution in [0.3, 0.4) is 0 Å². The van der Waals surface area contributed by atoms with Crippen LogP contribution in [0.2, 0.25) is 0 Å². The minimum atomic E-state index is -0.735. The Morgan fingerprint density at radius 2 is 2.00 bits per heavy atom. The quantitative estimate of drug-likeness (QED) is 0.468. The van der Waals surface area contributed by atoms with E-state index < -0.39 is 5.97 Å². The first-order valence-electron chi connectivity index (χ1n) is 4.40. The van der Waals surface area contributed by atoms with E-state index in [4.69, 9.17) is 16.2 Å². The number of likely N-dealkylation sites (tertiary alicyclic amines) is 1. The van der Waals surface area contributed by atoms with E-state index in [2.05, 4.69) is 0 Å². The molecule has 0 unspecified atom stereocenters. The van der Waals surface area contributed by atoms with Gasteiger partial charge in [-0.3, -0.25) is 10.2 Å². The van der Waals surface area contributed by atoms with Gasteiger partial charge in [0, 0.05) is 19.5 Å². The lowest BCUT2D eigenvalue weighted by Crippen LogP contribution is -2.42. The minimum absolute atomic E-state index is 0. The first kappa shape index (κ1) is 13.0. The maximum absolute atomic E-state index is 10.4. The molecule has 82 valence electrons. The first-order chi connectivity index (χ1) is 6.09. The van der Waals surface area contributed by atoms with Crippen LogP contribution < -0.4 is 5.73 Å². The van der Waals surface area contributed by atoms with Crippen LogP contribution in [0.15, 0.2) is 0 Å². The van der Waals surface area contributed by atoms with Gasteiger partial charge >= 0.3 is 5.97 Å². The number of rotatable bonds is 2. The number of carbonyl (C=O) groups is 1. The van der Waals surface area contributed by atoms with E-state index in [1.54, 1.807) is 4.90 Å². The smallest absolute Gasteiger partial charge is 0.303 e. The van der Waals surface area contributed by atoms with E-state index in [-0.39, 0.29) is 30.7 Å². The Morgan fingerprint density at radius 3 is 2.36 bits per heavy atom. The highest BCUT2D eigenvalue weighted by Gasteiger charge is 2.21. The molecule has 6 heteroatoms. The number of aliphatic carboxylic acids is 1. The lowest BCUT2D eigenvalue weighted by molar-refractivity contribution is -0.138. The minimum Gasteiger partial charge on any atom is -0.481 e. The number of nitrogens with zero attached hydrogens (tertiary/aromatic N) is 1. The lowest BCUT2D eigenvalue weighted by atomic mass is 9.94. The lowest BCUT2D eigenvalue weighted by Gasteiger charge is -2.31. The number of piperidine rings is 1. The van der Waals surface area contributed by atoms with Crippen LogP contribution in [-0.4, -0.2) is 35.0 Å². The largest absolute Gasteiger partial charge is 0.481 e. The van der Waals surface area contributed by atoms with Crippen molar-refractivity contribution in [3.63, 3.8) is 0 Å². The van der Waals surface area contributed by atoms with Crippen molar-refractivity contribution in [2.75, 3.05) is 13.1 Å². The third kappa shape index (κ3) is 3.83. The normalized spacial score (nSPS) is 17.3. The molecule has 0 radical (unpaired) electrons. The number of carboxylic acid groups (broad SMARTS) is 1. The van der Waals surface area contributed by atoms with E-state index in [0.29, 0.717) is 13.1 Å². The zero-order valence-electron chi connectivity index (χ0n) is 7.90. The number of nitrogens with two attached hydrogens (primary N) is 1. The molecule has 5 nitrogen and oxygen atoms in total. The molecule has 1 rings (SSSR count). The molecule has 14 heavy (non-hydrogen) atoms. The second-order valence-electron chi connectivity index (χ2n) is 3.41. The standard InChI is InChI=1S/C8H15N3O2.ClH/c9-8(10)11-3-1-6(2-4-11)5-7(12)13;/h6H,1-5H2,(H3,9,10)(H,12,13);1H. The van der Waals surface area contributed by atoms with Crippen LogP contribution in [-0.2, 0) is 4.79 Å². The number of carboxylic acids is 1. The fourth-order valence-corrected chi connectivity index (χ4v) is 1.62. The van der Waals surface area contributed by atoms with Gasteiger partial charge in [-0.05, 0) is 18.8 Å². The molecule has 0 aromatic carbocycles. The maximum Gasteiger partial charge on any atom is 0.303 e. The number of hydrogen-bond acceptors (Lipinski definition) is 2. The topological polar surface area (TPSA) is 90.4 Å². The molecular formula is C8H16ClN3O2. The van der Waals surface area contributed by atoms with Crippen LogP contribution in [0.5, 0.6) is 0 Å². The van der Waals surface area contributed by atoms with Crippen LogP contribution in [0, 0.1) is 11.3 Å². The fourth-order valence-electron chi connectivity index (χ4n) is 1.62. The van der Waals surface area contributed by atoms with Crippen molar-refractivity contribution < 1.29 is 9.90 Å². The van der Waals surface area contributed by atoms with Gasteiger partial charge in [0.1, 0.15) is 0 Å². The van der Waals surface area contributed by atoms with Crippen LogP contribution >= 0.6 is 12.4 Å². The zero-order valence-corrected chi connectivity index (χ0v) is 8.72. The van der Waals surface area contributed by atoms with Crippen molar-refractivity contribution >= 4 is 24.3 Å². The summed E-state index contributed by atoms with van der Waals surface area (Å²) >= 11 is 0. The second-order valence-corrected chi connectivity index (χ2v) is 3.41. The number of halogens is 1. The fraction of sp³-hybridized carbons (Fsp3) is 0.750. The molecule has 1 aliphatic heterocycles. The number of nitrogens with one attached hydrogen (secondary N) is 1. The summed E-state index contributed by atoms with van der Waals surface area (Å²) in [5.74, 6) is -0.386. The highest BCUT2D eigenvalue weighted by molar-refractivity contribution is 5.85. The Hall–Kier alpha value is -0.970. The molecule has 0 spiro atoms. The summed E-state index contributed by atoms with van der Waals surface area (Å²) in [6, 6.07) is 0. The van der Waals surface area contributed by atoms with Crippen LogP contribution in [0.1, 0.15) is 19.3 Å². The molecule has 1 heterocycles.